The first kappa shape index (κ1) is 17.5. The van der Waals surface area contributed by atoms with Crippen molar-refractivity contribution in [3.8, 4) is 11.3 Å². The van der Waals surface area contributed by atoms with E-state index in [9.17, 15) is 27.9 Å². The summed E-state index contributed by atoms with van der Waals surface area (Å²) < 4.78 is 43.7. The summed E-state index contributed by atoms with van der Waals surface area (Å²) in [5.74, 6) is -2.57. The van der Waals surface area contributed by atoms with Crippen LogP contribution in [-0.4, -0.2) is 23.2 Å². The maximum absolute atomic E-state index is 12.9. The molecule has 25 heavy (non-hydrogen) atoms. The van der Waals surface area contributed by atoms with Crippen LogP contribution in [0.1, 0.15) is 39.3 Å². The summed E-state index contributed by atoms with van der Waals surface area (Å²) in [6, 6.07) is 2.92. The van der Waals surface area contributed by atoms with Crippen LogP contribution in [0, 0.1) is 5.92 Å². The van der Waals surface area contributed by atoms with Gasteiger partial charge in [0.2, 0.25) is 0 Å². The van der Waals surface area contributed by atoms with E-state index in [-0.39, 0.29) is 27.7 Å². The van der Waals surface area contributed by atoms with Crippen LogP contribution >= 0.6 is 11.8 Å². The molecule has 0 saturated heterocycles. The summed E-state index contributed by atoms with van der Waals surface area (Å²) >= 11 is 1.02. The van der Waals surface area contributed by atoms with Crippen LogP contribution < -0.4 is 5.11 Å². The van der Waals surface area contributed by atoms with Crippen molar-refractivity contribution >= 4 is 23.5 Å². The summed E-state index contributed by atoms with van der Waals surface area (Å²) in [4.78, 5) is 23.8. The van der Waals surface area contributed by atoms with Crippen LogP contribution in [0.3, 0.4) is 0 Å². The highest BCUT2D eigenvalue weighted by molar-refractivity contribution is 7.98. The Kier molecular flexibility index (Phi) is 4.36. The van der Waals surface area contributed by atoms with Crippen molar-refractivity contribution in [2.45, 2.75) is 23.9 Å². The van der Waals surface area contributed by atoms with Gasteiger partial charge in [-0.3, -0.25) is 4.79 Å². The fourth-order valence-electron chi connectivity index (χ4n) is 2.45. The van der Waals surface area contributed by atoms with Crippen LogP contribution in [0.25, 0.3) is 11.3 Å². The number of Topliss-reactive ketones (excluding diaryl/α,β-unsaturated/α-hetero) is 1. The average molecular weight is 370 g/mol. The van der Waals surface area contributed by atoms with Gasteiger partial charge >= 0.3 is 6.18 Å². The van der Waals surface area contributed by atoms with E-state index >= 15 is 0 Å². The normalized spacial score (nSPS) is 14.6. The lowest BCUT2D eigenvalue weighted by Crippen LogP contribution is -2.25. The zero-order valence-corrected chi connectivity index (χ0v) is 13.7. The highest BCUT2D eigenvalue weighted by Gasteiger charge is 2.37. The van der Waals surface area contributed by atoms with E-state index in [1.165, 1.54) is 0 Å². The Labute approximate surface area is 144 Å². The van der Waals surface area contributed by atoms with Gasteiger partial charge in [-0.2, -0.15) is 13.2 Å². The molecule has 1 fully saturated rings. The molecule has 1 saturated carbocycles. The Bertz CT molecular complexity index is 856. The molecule has 0 amide bonds. The van der Waals surface area contributed by atoms with E-state index in [0.29, 0.717) is 12.8 Å². The standard InChI is InChI=1S/C16H12F3NO4S/c1-25-10-6-8(16(17,18)19)4-5-9(10)14-11(13(21)7-2-3-7)12(15(22)23)20-24-14/h4-7H,2-3H2,1H3,(H,22,23)/p-1. The number of carboxylic acid groups (broad SMARTS) is 1. The number of halogens is 3. The molecule has 1 heterocycles. The van der Waals surface area contributed by atoms with Crippen LogP contribution in [0.4, 0.5) is 13.2 Å². The summed E-state index contributed by atoms with van der Waals surface area (Å²) in [7, 11) is 0. The molecule has 0 unspecified atom stereocenters. The van der Waals surface area contributed by atoms with Crippen molar-refractivity contribution in [1.29, 1.82) is 0 Å². The van der Waals surface area contributed by atoms with Crippen molar-refractivity contribution in [3.63, 3.8) is 0 Å². The van der Waals surface area contributed by atoms with Gasteiger partial charge in [-0.05, 0) is 37.3 Å². The van der Waals surface area contributed by atoms with Gasteiger partial charge in [0.1, 0.15) is 5.69 Å². The number of hydrogen-bond acceptors (Lipinski definition) is 6. The highest BCUT2D eigenvalue weighted by atomic mass is 32.2. The van der Waals surface area contributed by atoms with Crippen molar-refractivity contribution in [2.75, 3.05) is 6.26 Å². The fraction of sp³-hybridized carbons (Fsp3) is 0.312. The third-order valence-electron chi connectivity index (χ3n) is 3.85. The van der Waals surface area contributed by atoms with Gasteiger partial charge in [0.05, 0.1) is 17.1 Å². The summed E-state index contributed by atoms with van der Waals surface area (Å²) in [6.45, 7) is 0. The largest absolute Gasteiger partial charge is 0.543 e. The molecule has 1 aromatic carbocycles. The van der Waals surface area contributed by atoms with Gasteiger partial charge in [-0.15, -0.1) is 11.8 Å². The summed E-state index contributed by atoms with van der Waals surface area (Å²) in [6.07, 6.45) is -1.71. The molecule has 0 N–H and O–H groups in total. The molecule has 0 spiro atoms. The van der Waals surface area contributed by atoms with Crippen LogP contribution in [0.15, 0.2) is 27.6 Å². The number of thioether (sulfide) groups is 1. The molecule has 0 radical (unpaired) electrons. The van der Waals surface area contributed by atoms with Gasteiger partial charge in [0.25, 0.3) is 0 Å². The Morgan fingerprint density at radius 1 is 1.32 bits per heavy atom. The minimum Gasteiger partial charge on any atom is -0.543 e. The van der Waals surface area contributed by atoms with E-state index < -0.39 is 29.2 Å². The Balaban J connectivity index is 2.16. The Morgan fingerprint density at radius 3 is 2.52 bits per heavy atom. The average Bonchev–Trinajstić information content (AvgIpc) is 3.30. The monoisotopic (exact) mass is 370 g/mol. The van der Waals surface area contributed by atoms with Crippen LogP contribution in [0.5, 0.6) is 0 Å². The lowest BCUT2D eigenvalue weighted by atomic mass is 9.99. The number of alkyl halides is 3. The molecular weight excluding hydrogens is 359 g/mol. The second kappa shape index (κ2) is 6.21. The number of aromatic carboxylic acids is 1. The highest BCUT2D eigenvalue weighted by Crippen LogP contribution is 2.41. The molecule has 0 atom stereocenters. The molecule has 9 heteroatoms. The molecule has 1 aliphatic carbocycles. The molecule has 2 aromatic rings. The molecule has 3 rings (SSSR count). The minimum atomic E-state index is -4.52. The fourth-order valence-corrected chi connectivity index (χ4v) is 3.07. The molecule has 1 aromatic heterocycles. The maximum Gasteiger partial charge on any atom is 0.416 e. The van der Waals surface area contributed by atoms with Crippen molar-refractivity contribution in [3.05, 3.63) is 35.0 Å². The summed E-state index contributed by atoms with van der Waals surface area (Å²) in [5.41, 5.74) is -1.53. The molecule has 132 valence electrons. The quantitative estimate of drug-likeness (QED) is 0.594. The predicted octanol–water partition coefficient (Wildman–Crippen LogP) is 3.04. The zero-order valence-electron chi connectivity index (χ0n) is 12.8. The first-order chi connectivity index (χ1) is 11.7. The SMILES string of the molecule is CSc1cc(C(F)(F)F)ccc1-c1onc(C(=O)[O-])c1C(=O)C1CC1. The second-order valence-corrected chi connectivity index (χ2v) is 6.42. The first-order valence-corrected chi connectivity index (χ1v) is 8.47. The number of aromatic nitrogens is 1. The van der Waals surface area contributed by atoms with Crippen molar-refractivity contribution in [1.82, 2.24) is 5.16 Å². The molecular formula is C16H11F3NO4S-. The lowest BCUT2D eigenvalue weighted by Gasteiger charge is -2.11. The number of rotatable bonds is 5. The zero-order chi connectivity index (χ0) is 18.4. The van der Waals surface area contributed by atoms with Gasteiger partial charge in [0.15, 0.2) is 11.5 Å². The third kappa shape index (κ3) is 3.28. The van der Waals surface area contributed by atoms with Crippen molar-refractivity contribution < 1.29 is 32.4 Å². The Morgan fingerprint density at radius 2 is 2.00 bits per heavy atom. The van der Waals surface area contributed by atoms with E-state index in [2.05, 4.69) is 5.16 Å². The van der Waals surface area contributed by atoms with Gasteiger partial charge in [-0.1, -0.05) is 5.16 Å². The smallest absolute Gasteiger partial charge is 0.416 e. The topological polar surface area (TPSA) is 83.2 Å². The van der Waals surface area contributed by atoms with Crippen LogP contribution in [-0.2, 0) is 6.18 Å². The predicted molar refractivity (Wildman–Crippen MR) is 80.1 cm³/mol. The van der Waals surface area contributed by atoms with Crippen molar-refractivity contribution in [2.24, 2.45) is 5.92 Å². The number of nitrogens with zero attached hydrogens (tertiary/aromatic N) is 1. The number of benzene rings is 1. The number of ketones is 1. The molecule has 0 bridgehead atoms. The van der Waals surface area contributed by atoms with E-state index in [0.717, 1.165) is 30.0 Å². The number of carboxylic acids is 1. The van der Waals surface area contributed by atoms with Crippen LogP contribution in [0.2, 0.25) is 0 Å². The lowest BCUT2D eigenvalue weighted by molar-refractivity contribution is -0.255. The first-order valence-electron chi connectivity index (χ1n) is 7.25. The molecule has 1 aliphatic rings. The number of carbonyl (C=O) groups is 2. The Hall–Kier alpha value is -2.29. The van der Waals surface area contributed by atoms with Gasteiger partial charge < -0.3 is 14.4 Å². The van der Waals surface area contributed by atoms with Gasteiger partial charge in [-0.25, -0.2) is 0 Å². The number of carbonyl (C=O) groups excluding carboxylic acids is 2. The van der Waals surface area contributed by atoms with E-state index in [1.54, 1.807) is 6.26 Å². The third-order valence-corrected chi connectivity index (χ3v) is 4.63. The van der Waals surface area contributed by atoms with Gasteiger partial charge in [0, 0.05) is 16.4 Å². The maximum atomic E-state index is 12.9. The molecule has 5 nitrogen and oxygen atoms in total. The van der Waals surface area contributed by atoms with E-state index in [1.807, 2.05) is 0 Å². The summed E-state index contributed by atoms with van der Waals surface area (Å²) in [5, 5.41) is 14.6. The number of hydrogen-bond donors (Lipinski definition) is 0. The second-order valence-electron chi connectivity index (χ2n) is 5.57. The minimum absolute atomic E-state index is 0.144. The molecule has 0 aliphatic heterocycles. The van der Waals surface area contributed by atoms with E-state index in [4.69, 9.17) is 4.52 Å².